The lowest BCUT2D eigenvalue weighted by Crippen LogP contribution is -2.18. The average molecular weight is 443 g/mol. The van der Waals surface area contributed by atoms with E-state index in [2.05, 4.69) is 32.4 Å². The number of aryl methyl sites for hydroxylation is 2. The van der Waals surface area contributed by atoms with Crippen LogP contribution >= 0.6 is 23.1 Å². The second-order valence-corrected chi connectivity index (χ2v) is 8.33. The maximum absolute atomic E-state index is 12.5. The first-order chi connectivity index (χ1) is 14.5. The predicted molar refractivity (Wildman–Crippen MR) is 120 cm³/mol. The lowest BCUT2D eigenvalue weighted by atomic mass is 10.1. The molecule has 30 heavy (non-hydrogen) atoms. The molecule has 0 aliphatic rings. The largest absolute Gasteiger partial charge is 0.326 e. The molecule has 2 heterocycles. The van der Waals surface area contributed by atoms with Crippen molar-refractivity contribution in [1.82, 2.24) is 19.7 Å². The van der Waals surface area contributed by atoms with Crippen molar-refractivity contribution in [3.63, 3.8) is 0 Å². The van der Waals surface area contributed by atoms with Gasteiger partial charge in [-0.15, -0.1) is 28.1 Å². The smallest absolute Gasteiger partial charge is 0.236 e. The van der Waals surface area contributed by atoms with Crippen LogP contribution in [-0.4, -0.2) is 37.3 Å². The van der Waals surface area contributed by atoms with E-state index in [1.54, 1.807) is 22.2 Å². The molecule has 2 aromatic heterocycles. The van der Waals surface area contributed by atoms with Crippen molar-refractivity contribution in [3.8, 4) is 0 Å². The molecule has 0 saturated heterocycles. The number of hydrogen-bond acceptors (Lipinski definition) is 7. The van der Waals surface area contributed by atoms with Crippen LogP contribution in [0.1, 0.15) is 17.0 Å². The summed E-state index contributed by atoms with van der Waals surface area (Å²) >= 11 is 2.60. The minimum Gasteiger partial charge on any atom is -0.326 e. The minimum absolute atomic E-state index is 0.0691. The molecule has 8 nitrogen and oxygen atoms in total. The van der Waals surface area contributed by atoms with Crippen LogP contribution in [0.15, 0.2) is 47.6 Å². The van der Waals surface area contributed by atoms with Gasteiger partial charge in [0.2, 0.25) is 11.8 Å². The molecule has 1 aromatic carbocycles. The van der Waals surface area contributed by atoms with Gasteiger partial charge in [-0.1, -0.05) is 23.9 Å². The first-order valence-electron chi connectivity index (χ1n) is 9.18. The van der Waals surface area contributed by atoms with E-state index in [4.69, 9.17) is 0 Å². The summed E-state index contributed by atoms with van der Waals surface area (Å²) in [6.45, 7) is 8.22. The van der Waals surface area contributed by atoms with Crippen LogP contribution in [0.4, 0.5) is 10.8 Å². The molecule has 0 fully saturated rings. The zero-order valence-corrected chi connectivity index (χ0v) is 18.3. The molecule has 3 rings (SSSR count). The molecule has 156 valence electrons. The number of amides is 2. The number of anilines is 2. The van der Waals surface area contributed by atoms with Crippen molar-refractivity contribution in [1.29, 1.82) is 0 Å². The summed E-state index contributed by atoms with van der Waals surface area (Å²) in [4.78, 5) is 28.6. The Hall–Kier alpha value is -2.98. The quantitative estimate of drug-likeness (QED) is 0.389. The number of benzene rings is 1. The molecule has 0 atom stereocenters. The van der Waals surface area contributed by atoms with Gasteiger partial charge < -0.3 is 15.2 Å². The molecule has 2 N–H and O–H groups in total. The summed E-state index contributed by atoms with van der Waals surface area (Å²) < 4.78 is 1.79. The third kappa shape index (κ3) is 5.77. The average Bonchev–Trinajstić information content (AvgIpc) is 3.34. The molecule has 0 unspecified atom stereocenters. The van der Waals surface area contributed by atoms with E-state index in [0.717, 1.165) is 11.3 Å². The third-order valence-corrected chi connectivity index (χ3v) is 5.88. The molecule has 0 aliphatic heterocycles. The SMILES string of the molecule is C=CCn1c(CC(=O)Nc2ccc(C)c(C)c2)nnc1SCC(=O)Nc1nccs1. The summed E-state index contributed by atoms with van der Waals surface area (Å²) in [6.07, 6.45) is 3.40. The zero-order valence-electron chi connectivity index (χ0n) is 16.7. The fourth-order valence-electron chi connectivity index (χ4n) is 2.61. The second-order valence-electron chi connectivity index (χ2n) is 6.50. The zero-order chi connectivity index (χ0) is 21.5. The Morgan fingerprint density at radius 2 is 2.03 bits per heavy atom. The van der Waals surface area contributed by atoms with Gasteiger partial charge in [0.15, 0.2) is 10.3 Å². The van der Waals surface area contributed by atoms with Crippen molar-refractivity contribution in [2.24, 2.45) is 0 Å². The molecular formula is C20H22N6O2S2. The van der Waals surface area contributed by atoms with E-state index in [0.29, 0.717) is 22.7 Å². The number of nitrogens with zero attached hydrogens (tertiary/aromatic N) is 4. The molecule has 0 radical (unpaired) electrons. The number of aromatic nitrogens is 4. The normalized spacial score (nSPS) is 10.6. The fraction of sp³-hybridized carbons (Fsp3) is 0.250. The Labute approximate surface area is 182 Å². The Bertz CT molecular complexity index is 1050. The van der Waals surface area contributed by atoms with Crippen LogP contribution in [0.3, 0.4) is 0 Å². The predicted octanol–water partition coefficient (Wildman–Crippen LogP) is 3.45. The highest BCUT2D eigenvalue weighted by molar-refractivity contribution is 7.99. The monoisotopic (exact) mass is 442 g/mol. The van der Waals surface area contributed by atoms with Crippen molar-refractivity contribution in [2.45, 2.75) is 32.0 Å². The van der Waals surface area contributed by atoms with E-state index >= 15 is 0 Å². The molecule has 0 saturated carbocycles. The minimum atomic E-state index is -0.186. The highest BCUT2D eigenvalue weighted by Gasteiger charge is 2.17. The molecule has 3 aromatic rings. The topological polar surface area (TPSA) is 102 Å². The van der Waals surface area contributed by atoms with Gasteiger partial charge in [0.1, 0.15) is 5.82 Å². The molecule has 2 amide bonds. The number of carbonyl (C=O) groups is 2. The maximum Gasteiger partial charge on any atom is 0.236 e. The standard InChI is InChI=1S/C20H22N6O2S2/c1-4-8-26-16(11-17(27)22-15-6-5-13(2)14(3)10-15)24-25-20(26)30-12-18(28)23-19-21-7-9-29-19/h4-7,9-10H,1,8,11-12H2,2-3H3,(H,22,27)(H,21,23,28). The summed E-state index contributed by atoms with van der Waals surface area (Å²) in [5, 5.41) is 16.8. The van der Waals surface area contributed by atoms with Crippen molar-refractivity contribution < 1.29 is 9.59 Å². The van der Waals surface area contributed by atoms with Gasteiger partial charge in [0.25, 0.3) is 0 Å². The molecule has 10 heteroatoms. The van der Waals surface area contributed by atoms with Gasteiger partial charge in [0.05, 0.1) is 12.2 Å². The number of nitrogens with one attached hydrogen (secondary N) is 2. The number of thioether (sulfide) groups is 1. The van der Waals surface area contributed by atoms with Crippen LogP contribution in [0.2, 0.25) is 0 Å². The summed E-state index contributed by atoms with van der Waals surface area (Å²) in [5.41, 5.74) is 3.02. The number of carbonyl (C=O) groups excluding carboxylic acids is 2. The van der Waals surface area contributed by atoms with Crippen molar-refractivity contribution in [2.75, 3.05) is 16.4 Å². The van der Waals surface area contributed by atoms with Crippen LogP contribution < -0.4 is 10.6 Å². The number of rotatable bonds is 9. The Morgan fingerprint density at radius 3 is 2.73 bits per heavy atom. The summed E-state index contributed by atoms with van der Waals surface area (Å²) in [7, 11) is 0. The van der Waals surface area contributed by atoms with Gasteiger partial charge in [-0.2, -0.15) is 0 Å². The lowest BCUT2D eigenvalue weighted by Gasteiger charge is -2.09. The van der Waals surface area contributed by atoms with E-state index in [1.165, 1.54) is 28.7 Å². The van der Waals surface area contributed by atoms with E-state index < -0.39 is 0 Å². The number of hydrogen-bond donors (Lipinski definition) is 2. The van der Waals surface area contributed by atoms with Gasteiger partial charge in [-0.25, -0.2) is 4.98 Å². The van der Waals surface area contributed by atoms with Crippen molar-refractivity contribution >= 4 is 45.7 Å². The van der Waals surface area contributed by atoms with Crippen LogP contribution in [0.5, 0.6) is 0 Å². The summed E-state index contributed by atoms with van der Waals surface area (Å²) in [5.74, 6) is 0.300. The fourth-order valence-corrected chi connectivity index (χ4v) is 3.92. The molecular weight excluding hydrogens is 420 g/mol. The van der Waals surface area contributed by atoms with Gasteiger partial charge in [-0.3, -0.25) is 9.59 Å². The first kappa shape index (κ1) is 21.7. The molecule has 0 bridgehead atoms. The summed E-state index contributed by atoms with van der Waals surface area (Å²) in [6, 6.07) is 5.78. The Balaban J connectivity index is 1.62. The van der Waals surface area contributed by atoms with E-state index in [-0.39, 0.29) is 24.0 Å². The van der Waals surface area contributed by atoms with Crippen molar-refractivity contribution in [3.05, 3.63) is 59.4 Å². The van der Waals surface area contributed by atoms with Gasteiger partial charge >= 0.3 is 0 Å². The Morgan fingerprint density at radius 1 is 1.20 bits per heavy atom. The lowest BCUT2D eigenvalue weighted by molar-refractivity contribution is -0.116. The van der Waals surface area contributed by atoms with Crippen LogP contribution in [0, 0.1) is 13.8 Å². The highest BCUT2D eigenvalue weighted by atomic mass is 32.2. The maximum atomic E-state index is 12.5. The van der Waals surface area contributed by atoms with Gasteiger partial charge in [-0.05, 0) is 37.1 Å². The number of thiazole rings is 1. The van der Waals surface area contributed by atoms with Gasteiger partial charge in [0, 0.05) is 23.8 Å². The Kier molecular flexibility index (Phi) is 7.36. The molecule has 0 aliphatic carbocycles. The van der Waals surface area contributed by atoms with Crippen LogP contribution in [-0.2, 0) is 22.6 Å². The third-order valence-electron chi connectivity index (χ3n) is 4.23. The first-order valence-corrected chi connectivity index (χ1v) is 11.0. The molecule has 0 spiro atoms. The van der Waals surface area contributed by atoms with Crippen LogP contribution in [0.25, 0.3) is 0 Å². The second kappa shape index (κ2) is 10.2. The van der Waals surface area contributed by atoms with E-state index in [1.807, 2.05) is 32.0 Å². The number of allylic oxidation sites excluding steroid dienone is 1. The van der Waals surface area contributed by atoms with E-state index in [9.17, 15) is 9.59 Å². The highest BCUT2D eigenvalue weighted by Crippen LogP contribution is 2.19.